The highest BCUT2D eigenvalue weighted by Gasteiger charge is 2.42. The van der Waals surface area contributed by atoms with Gasteiger partial charge in [-0.2, -0.15) is 0 Å². The summed E-state index contributed by atoms with van der Waals surface area (Å²) in [4.78, 5) is 0. The third-order valence-electron chi connectivity index (χ3n) is 3.97. The van der Waals surface area contributed by atoms with Crippen molar-refractivity contribution in [1.82, 2.24) is 5.32 Å². The van der Waals surface area contributed by atoms with E-state index in [1.54, 1.807) is 0 Å². The standard InChI is InChI=1S/C15H21F2N/c1-3-11-4-6-12(7-5-11)14(18-2)13-8-9-15(16,17)10-13/h4-7,13-14,18H,3,8-10H2,1-2H3. The summed E-state index contributed by atoms with van der Waals surface area (Å²) in [7, 11) is 1.86. The Hall–Kier alpha value is -0.960. The van der Waals surface area contributed by atoms with Gasteiger partial charge in [0.15, 0.2) is 0 Å². The molecule has 1 nitrogen and oxygen atoms in total. The molecule has 0 bridgehead atoms. The van der Waals surface area contributed by atoms with Gasteiger partial charge in [-0.25, -0.2) is 8.78 Å². The van der Waals surface area contributed by atoms with E-state index in [9.17, 15) is 8.78 Å². The van der Waals surface area contributed by atoms with Crippen molar-refractivity contribution in [3.05, 3.63) is 35.4 Å². The molecule has 0 heterocycles. The summed E-state index contributed by atoms with van der Waals surface area (Å²) in [6.07, 6.45) is 1.65. The number of alkyl halides is 2. The zero-order valence-corrected chi connectivity index (χ0v) is 11.0. The largest absolute Gasteiger partial charge is 0.313 e. The highest BCUT2D eigenvalue weighted by atomic mass is 19.3. The van der Waals surface area contributed by atoms with Crippen LogP contribution in [0.3, 0.4) is 0 Å². The van der Waals surface area contributed by atoms with Gasteiger partial charge in [-0.3, -0.25) is 0 Å². The SMILES string of the molecule is CCc1ccc(C(NC)C2CCC(F)(F)C2)cc1. The molecule has 2 rings (SSSR count). The number of nitrogens with one attached hydrogen (secondary N) is 1. The van der Waals surface area contributed by atoms with Gasteiger partial charge >= 0.3 is 0 Å². The quantitative estimate of drug-likeness (QED) is 0.857. The first-order chi connectivity index (χ1) is 8.55. The van der Waals surface area contributed by atoms with Crippen LogP contribution in [0.2, 0.25) is 0 Å². The third kappa shape index (κ3) is 2.89. The molecule has 1 aromatic carbocycles. The summed E-state index contributed by atoms with van der Waals surface area (Å²) < 4.78 is 26.6. The maximum absolute atomic E-state index is 13.3. The molecule has 0 amide bonds. The topological polar surface area (TPSA) is 12.0 Å². The molecule has 1 aliphatic rings. The molecule has 1 saturated carbocycles. The normalized spacial score (nSPS) is 24.1. The molecular weight excluding hydrogens is 232 g/mol. The summed E-state index contributed by atoms with van der Waals surface area (Å²) in [6.45, 7) is 2.11. The molecule has 0 aromatic heterocycles. The van der Waals surface area contributed by atoms with Gasteiger partial charge in [0.25, 0.3) is 0 Å². The van der Waals surface area contributed by atoms with E-state index in [1.165, 1.54) is 5.56 Å². The van der Waals surface area contributed by atoms with E-state index in [2.05, 4.69) is 36.5 Å². The van der Waals surface area contributed by atoms with Crippen molar-refractivity contribution in [2.75, 3.05) is 7.05 Å². The Morgan fingerprint density at radius 1 is 1.33 bits per heavy atom. The lowest BCUT2D eigenvalue weighted by Gasteiger charge is -2.23. The highest BCUT2D eigenvalue weighted by molar-refractivity contribution is 5.25. The molecule has 1 aromatic rings. The van der Waals surface area contributed by atoms with E-state index in [-0.39, 0.29) is 24.8 Å². The molecule has 3 heteroatoms. The summed E-state index contributed by atoms with van der Waals surface area (Å²) in [6, 6.07) is 8.36. The van der Waals surface area contributed by atoms with Crippen LogP contribution in [0.15, 0.2) is 24.3 Å². The van der Waals surface area contributed by atoms with E-state index >= 15 is 0 Å². The van der Waals surface area contributed by atoms with Gasteiger partial charge in [-0.15, -0.1) is 0 Å². The van der Waals surface area contributed by atoms with Gasteiger partial charge in [0, 0.05) is 18.9 Å². The number of aryl methyl sites for hydroxylation is 1. The Morgan fingerprint density at radius 3 is 2.44 bits per heavy atom. The predicted octanol–water partition coefficient (Wildman–Crippen LogP) is 3.94. The number of rotatable bonds is 4. The van der Waals surface area contributed by atoms with Crippen molar-refractivity contribution in [2.45, 2.75) is 44.6 Å². The average molecular weight is 253 g/mol. The molecule has 2 atom stereocenters. The van der Waals surface area contributed by atoms with Crippen LogP contribution >= 0.6 is 0 Å². The van der Waals surface area contributed by atoms with Crippen molar-refractivity contribution in [1.29, 1.82) is 0 Å². The smallest absolute Gasteiger partial charge is 0.248 e. The van der Waals surface area contributed by atoms with Crippen molar-refractivity contribution >= 4 is 0 Å². The minimum Gasteiger partial charge on any atom is -0.313 e. The van der Waals surface area contributed by atoms with Crippen LogP contribution in [0, 0.1) is 5.92 Å². The molecule has 1 N–H and O–H groups in total. The van der Waals surface area contributed by atoms with Crippen LogP contribution < -0.4 is 5.32 Å². The zero-order chi connectivity index (χ0) is 13.2. The molecule has 0 saturated heterocycles. The predicted molar refractivity (Wildman–Crippen MR) is 69.9 cm³/mol. The molecule has 0 radical (unpaired) electrons. The molecular formula is C15H21F2N. The van der Waals surface area contributed by atoms with Gasteiger partial charge in [0.05, 0.1) is 0 Å². The first-order valence-electron chi connectivity index (χ1n) is 6.69. The number of benzene rings is 1. The fraction of sp³-hybridized carbons (Fsp3) is 0.600. The van der Waals surface area contributed by atoms with Gasteiger partial charge in [-0.05, 0) is 36.9 Å². The van der Waals surface area contributed by atoms with Crippen LogP contribution in [-0.2, 0) is 6.42 Å². The molecule has 0 aliphatic heterocycles. The fourth-order valence-corrected chi connectivity index (χ4v) is 2.90. The van der Waals surface area contributed by atoms with Crippen molar-refractivity contribution in [3.63, 3.8) is 0 Å². The van der Waals surface area contributed by atoms with E-state index in [0.717, 1.165) is 12.0 Å². The molecule has 2 unspecified atom stereocenters. The maximum atomic E-state index is 13.3. The Bertz CT molecular complexity index is 386. The molecule has 100 valence electrons. The van der Waals surface area contributed by atoms with Crippen LogP contribution in [0.5, 0.6) is 0 Å². The first kappa shape index (κ1) is 13.5. The maximum Gasteiger partial charge on any atom is 0.248 e. The van der Waals surface area contributed by atoms with Gasteiger partial charge < -0.3 is 5.32 Å². The van der Waals surface area contributed by atoms with Crippen LogP contribution in [-0.4, -0.2) is 13.0 Å². The molecule has 0 spiro atoms. The second kappa shape index (κ2) is 5.35. The van der Waals surface area contributed by atoms with Gasteiger partial charge in [-0.1, -0.05) is 31.2 Å². The highest BCUT2D eigenvalue weighted by Crippen LogP contribution is 2.44. The summed E-state index contributed by atoms with van der Waals surface area (Å²) in [5.41, 5.74) is 2.41. The van der Waals surface area contributed by atoms with Crippen molar-refractivity contribution < 1.29 is 8.78 Å². The first-order valence-corrected chi connectivity index (χ1v) is 6.69. The minimum absolute atomic E-state index is 0.00797. The van der Waals surface area contributed by atoms with Gasteiger partial charge in [0.2, 0.25) is 5.92 Å². The molecule has 18 heavy (non-hydrogen) atoms. The molecule has 1 aliphatic carbocycles. The lowest BCUT2D eigenvalue weighted by molar-refractivity contribution is 0.00340. The number of halogens is 2. The number of hydrogen-bond acceptors (Lipinski definition) is 1. The Kier molecular flexibility index (Phi) is 4.00. The average Bonchev–Trinajstić information content (AvgIpc) is 2.71. The lowest BCUT2D eigenvalue weighted by atomic mass is 9.91. The fourth-order valence-electron chi connectivity index (χ4n) is 2.90. The summed E-state index contributed by atoms with van der Waals surface area (Å²) in [5, 5.41) is 3.20. The van der Waals surface area contributed by atoms with E-state index < -0.39 is 5.92 Å². The van der Waals surface area contributed by atoms with Crippen LogP contribution in [0.25, 0.3) is 0 Å². The second-order valence-electron chi connectivity index (χ2n) is 5.22. The minimum atomic E-state index is -2.47. The Labute approximate surface area is 108 Å². The van der Waals surface area contributed by atoms with Crippen LogP contribution in [0.4, 0.5) is 8.78 Å². The lowest BCUT2D eigenvalue weighted by Crippen LogP contribution is -2.25. The van der Waals surface area contributed by atoms with Gasteiger partial charge in [0.1, 0.15) is 0 Å². The van der Waals surface area contributed by atoms with Crippen molar-refractivity contribution in [3.8, 4) is 0 Å². The van der Waals surface area contributed by atoms with E-state index in [1.807, 2.05) is 7.05 Å². The Balaban J connectivity index is 2.13. The van der Waals surface area contributed by atoms with E-state index in [0.29, 0.717) is 6.42 Å². The Morgan fingerprint density at radius 2 is 2.00 bits per heavy atom. The second-order valence-corrected chi connectivity index (χ2v) is 5.22. The summed E-state index contributed by atoms with van der Waals surface area (Å²) in [5.74, 6) is -2.43. The number of hydrogen-bond donors (Lipinski definition) is 1. The molecule has 1 fully saturated rings. The third-order valence-corrected chi connectivity index (χ3v) is 3.97. The zero-order valence-electron chi connectivity index (χ0n) is 11.0. The van der Waals surface area contributed by atoms with Crippen LogP contribution in [0.1, 0.15) is 43.4 Å². The monoisotopic (exact) mass is 253 g/mol. The van der Waals surface area contributed by atoms with E-state index in [4.69, 9.17) is 0 Å². The van der Waals surface area contributed by atoms with Crippen molar-refractivity contribution in [2.24, 2.45) is 5.92 Å². The summed E-state index contributed by atoms with van der Waals surface area (Å²) >= 11 is 0.